The zero-order valence-electron chi connectivity index (χ0n) is 12.6. The first-order valence-corrected chi connectivity index (χ1v) is 6.74. The zero-order chi connectivity index (χ0) is 14.6. The highest BCUT2D eigenvalue weighted by Crippen LogP contribution is 1.79. The number of ether oxygens (including phenoxy) is 5. The lowest BCUT2D eigenvalue weighted by molar-refractivity contribution is 0.0195. The van der Waals surface area contributed by atoms with Gasteiger partial charge >= 0.3 is 0 Å². The SMILES string of the molecule is CCOCCOCCOCC.COCCOCCO. The molecule has 1 N–H and O–H groups in total. The van der Waals surface area contributed by atoms with Crippen LogP contribution in [0.2, 0.25) is 0 Å². The molecule has 0 fully saturated rings. The van der Waals surface area contributed by atoms with Crippen molar-refractivity contribution < 1.29 is 28.8 Å². The Balaban J connectivity index is 0. The topological polar surface area (TPSA) is 66.4 Å². The van der Waals surface area contributed by atoms with E-state index in [1.54, 1.807) is 7.11 Å². The second-order valence-electron chi connectivity index (χ2n) is 3.33. The summed E-state index contributed by atoms with van der Waals surface area (Å²) in [4.78, 5) is 0. The van der Waals surface area contributed by atoms with Gasteiger partial charge in [-0.15, -0.1) is 0 Å². The van der Waals surface area contributed by atoms with Gasteiger partial charge in [0.05, 0.1) is 52.9 Å². The van der Waals surface area contributed by atoms with Gasteiger partial charge in [-0.25, -0.2) is 0 Å². The molecule has 0 atom stereocenters. The normalized spacial score (nSPS) is 10.1. The molecule has 0 aliphatic heterocycles. The summed E-state index contributed by atoms with van der Waals surface area (Å²) in [5.74, 6) is 0. The summed E-state index contributed by atoms with van der Waals surface area (Å²) in [6.07, 6.45) is 0. The zero-order valence-corrected chi connectivity index (χ0v) is 12.6. The van der Waals surface area contributed by atoms with Crippen LogP contribution in [0.3, 0.4) is 0 Å². The van der Waals surface area contributed by atoms with E-state index < -0.39 is 0 Å². The van der Waals surface area contributed by atoms with E-state index in [1.807, 2.05) is 13.8 Å². The van der Waals surface area contributed by atoms with Crippen molar-refractivity contribution in [2.75, 3.05) is 73.2 Å². The largest absolute Gasteiger partial charge is 0.394 e. The molecule has 6 nitrogen and oxygen atoms in total. The van der Waals surface area contributed by atoms with Crippen LogP contribution < -0.4 is 0 Å². The molecule has 0 rings (SSSR count). The van der Waals surface area contributed by atoms with Crippen LogP contribution in [0, 0.1) is 0 Å². The van der Waals surface area contributed by atoms with Crippen molar-refractivity contribution in [1.82, 2.24) is 0 Å². The lowest BCUT2D eigenvalue weighted by Gasteiger charge is -2.03. The molecule has 0 amide bonds. The molecule has 0 aromatic rings. The Morgan fingerprint density at radius 3 is 1.47 bits per heavy atom. The predicted octanol–water partition coefficient (Wildman–Crippen LogP) is 0.718. The van der Waals surface area contributed by atoms with Crippen LogP contribution in [0.4, 0.5) is 0 Å². The quantitative estimate of drug-likeness (QED) is 0.502. The van der Waals surface area contributed by atoms with Crippen molar-refractivity contribution in [3.63, 3.8) is 0 Å². The van der Waals surface area contributed by atoms with Crippen LogP contribution in [0.1, 0.15) is 13.8 Å². The molecule has 0 unspecified atom stereocenters. The first-order chi connectivity index (χ1) is 9.33. The van der Waals surface area contributed by atoms with Gasteiger partial charge in [0.15, 0.2) is 0 Å². The third kappa shape index (κ3) is 27.1. The highest BCUT2D eigenvalue weighted by atomic mass is 16.5. The van der Waals surface area contributed by atoms with Crippen LogP contribution in [-0.4, -0.2) is 78.3 Å². The summed E-state index contributed by atoms with van der Waals surface area (Å²) < 4.78 is 24.9. The van der Waals surface area contributed by atoms with Crippen LogP contribution in [0.5, 0.6) is 0 Å². The first-order valence-electron chi connectivity index (χ1n) is 6.74. The lowest BCUT2D eigenvalue weighted by Crippen LogP contribution is -2.08. The number of hydrogen-bond donors (Lipinski definition) is 1. The molecule has 0 bridgehead atoms. The maximum Gasteiger partial charge on any atom is 0.0701 e. The van der Waals surface area contributed by atoms with Gasteiger partial charge in [0.1, 0.15) is 0 Å². The Morgan fingerprint density at radius 1 is 0.632 bits per heavy atom. The number of methoxy groups -OCH3 is 1. The van der Waals surface area contributed by atoms with Gasteiger partial charge in [-0.2, -0.15) is 0 Å². The van der Waals surface area contributed by atoms with E-state index in [9.17, 15) is 0 Å². The van der Waals surface area contributed by atoms with Crippen molar-refractivity contribution in [1.29, 1.82) is 0 Å². The standard InChI is InChI=1S/C8H18O3.C5H12O3/c1-3-9-5-7-11-8-6-10-4-2;1-7-4-5-8-3-2-6/h3-8H2,1-2H3;6H,2-5H2,1H3. The monoisotopic (exact) mass is 282 g/mol. The average molecular weight is 282 g/mol. The van der Waals surface area contributed by atoms with E-state index in [0.717, 1.165) is 13.2 Å². The van der Waals surface area contributed by atoms with E-state index in [4.69, 9.17) is 24.1 Å². The molecule has 0 aromatic carbocycles. The minimum Gasteiger partial charge on any atom is -0.394 e. The molecular weight excluding hydrogens is 252 g/mol. The van der Waals surface area contributed by atoms with Gasteiger partial charge in [0.25, 0.3) is 0 Å². The molecule has 0 radical (unpaired) electrons. The van der Waals surface area contributed by atoms with Crippen molar-refractivity contribution in [2.24, 2.45) is 0 Å². The second kappa shape index (κ2) is 22.9. The van der Waals surface area contributed by atoms with Gasteiger partial charge in [-0.1, -0.05) is 0 Å². The average Bonchev–Trinajstić information content (AvgIpc) is 2.44. The molecule has 0 saturated heterocycles. The van der Waals surface area contributed by atoms with Gasteiger partial charge in [0.2, 0.25) is 0 Å². The van der Waals surface area contributed by atoms with E-state index in [1.165, 1.54) is 0 Å². The fraction of sp³-hybridized carbons (Fsp3) is 1.00. The fourth-order valence-corrected chi connectivity index (χ4v) is 0.935. The van der Waals surface area contributed by atoms with Crippen LogP contribution in [0.15, 0.2) is 0 Å². The minimum absolute atomic E-state index is 0.0870. The fourth-order valence-electron chi connectivity index (χ4n) is 0.935. The maximum absolute atomic E-state index is 8.20. The Hall–Kier alpha value is -0.240. The third-order valence-corrected chi connectivity index (χ3v) is 1.82. The van der Waals surface area contributed by atoms with E-state index >= 15 is 0 Å². The minimum atomic E-state index is 0.0870. The summed E-state index contributed by atoms with van der Waals surface area (Å²) in [6, 6.07) is 0. The van der Waals surface area contributed by atoms with Crippen LogP contribution >= 0.6 is 0 Å². The molecular formula is C13H30O6. The van der Waals surface area contributed by atoms with Crippen molar-refractivity contribution in [3.8, 4) is 0 Å². The Bertz CT molecular complexity index is 120. The Kier molecular flexibility index (Phi) is 25.4. The molecule has 0 aliphatic carbocycles. The highest BCUT2D eigenvalue weighted by molar-refractivity contribution is 4.30. The van der Waals surface area contributed by atoms with E-state index in [-0.39, 0.29) is 6.61 Å². The molecule has 118 valence electrons. The summed E-state index contributed by atoms with van der Waals surface area (Å²) in [5, 5.41) is 8.20. The molecule has 0 heterocycles. The van der Waals surface area contributed by atoms with Crippen LogP contribution in [-0.2, 0) is 23.7 Å². The van der Waals surface area contributed by atoms with E-state index in [2.05, 4.69) is 4.74 Å². The van der Waals surface area contributed by atoms with Gasteiger partial charge < -0.3 is 28.8 Å². The Morgan fingerprint density at radius 2 is 1.05 bits per heavy atom. The number of aliphatic hydroxyl groups excluding tert-OH is 1. The number of hydrogen-bond acceptors (Lipinski definition) is 6. The van der Waals surface area contributed by atoms with Crippen molar-refractivity contribution >= 4 is 0 Å². The van der Waals surface area contributed by atoms with Gasteiger partial charge in [-0.05, 0) is 13.8 Å². The first kappa shape index (κ1) is 21.1. The molecule has 0 spiro atoms. The molecule has 0 saturated carbocycles. The maximum atomic E-state index is 8.20. The molecule has 19 heavy (non-hydrogen) atoms. The van der Waals surface area contributed by atoms with Gasteiger partial charge in [0, 0.05) is 20.3 Å². The molecule has 0 aromatic heterocycles. The highest BCUT2D eigenvalue weighted by Gasteiger charge is 1.87. The summed E-state index contributed by atoms with van der Waals surface area (Å²) >= 11 is 0. The van der Waals surface area contributed by atoms with Crippen molar-refractivity contribution in [3.05, 3.63) is 0 Å². The number of rotatable bonds is 13. The second-order valence-corrected chi connectivity index (χ2v) is 3.33. The van der Waals surface area contributed by atoms with Crippen LogP contribution in [0.25, 0.3) is 0 Å². The molecule has 0 aliphatic rings. The smallest absolute Gasteiger partial charge is 0.0701 e. The summed E-state index contributed by atoms with van der Waals surface area (Å²) in [7, 11) is 1.61. The van der Waals surface area contributed by atoms with Gasteiger partial charge in [-0.3, -0.25) is 0 Å². The predicted molar refractivity (Wildman–Crippen MR) is 73.6 cm³/mol. The molecule has 6 heteroatoms. The summed E-state index contributed by atoms with van der Waals surface area (Å²) in [6.45, 7) is 9.82. The summed E-state index contributed by atoms with van der Waals surface area (Å²) in [5.41, 5.74) is 0. The number of aliphatic hydroxyl groups is 1. The third-order valence-electron chi connectivity index (χ3n) is 1.82. The lowest BCUT2D eigenvalue weighted by atomic mass is 10.7. The Labute approximate surface area is 116 Å². The van der Waals surface area contributed by atoms with Crippen molar-refractivity contribution in [2.45, 2.75) is 13.8 Å². The van der Waals surface area contributed by atoms with E-state index in [0.29, 0.717) is 46.2 Å².